The standard InChI is InChI=1S/C27H34N2O6Si/c1-18(30)33-25-23(35-24(22(29)16-28)26(25)34-19(2)31)17-32-36(27(3,4)5,20-12-8-6-9-13-20)21-14-10-7-11-15-21/h6-15,22-26H,17,29H2,1-5H3/t22?,23-,24+,25-,26+/m1/s1. The summed E-state index contributed by atoms with van der Waals surface area (Å²) >= 11 is 0. The quantitative estimate of drug-likeness (QED) is 0.423. The molecule has 0 spiro atoms. The zero-order chi connectivity index (χ0) is 26.5. The maximum Gasteiger partial charge on any atom is 0.303 e. The van der Waals surface area contributed by atoms with Crippen molar-refractivity contribution in [1.29, 1.82) is 5.26 Å². The van der Waals surface area contributed by atoms with Crippen LogP contribution in [0.1, 0.15) is 34.6 Å². The average molecular weight is 511 g/mol. The third kappa shape index (κ3) is 5.68. The summed E-state index contributed by atoms with van der Waals surface area (Å²) in [7, 11) is -2.92. The predicted octanol–water partition coefficient (Wildman–Crippen LogP) is 2.04. The molecule has 1 fully saturated rings. The average Bonchev–Trinajstić information content (AvgIpc) is 3.15. The van der Waals surface area contributed by atoms with Gasteiger partial charge in [-0.25, -0.2) is 0 Å². The summed E-state index contributed by atoms with van der Waals surface area (Å²) in [6, 6.07) is 21.0. The van der Waals surface area contributed by atoms with E-state index in [1.54, 1.807) is 0 Å². The zero-order valence-electron chi connectivity index (χ0n) is 21.3. The van der Waals surface area contributed by atoms with Crippen molar-refractivity contribution in [2.24, 2.45) is 5.73 Å². The Bertz CT molecular complexity index is 1040. The smallest absolute Gasteiger partial charge is 0.303 e. The SMILES string of the molecule is CC(=O)O[C@@H]1[C@H](OC(C)=O)[C@@H](CO[Si](c2ccccc2)(c2ccccc2)C(C)(C)C)O[C@H]1C(N)C#N. The van der Waals surface area contributed by atoms with Crippen molar-refractivity contribution in [2.75, 3.05) is 6.61 Å². The number of rotatable bonds is 8. The van der Waals surface area contributed by atoms with Crippen LogP contribution in [-0.4, -0.2) is 57.3 Å². The van der Waals surface area contributed by atoms with Crippen molar-refractivity contribution in [2.45, 2.75) is 70.1 Å². The minimum atomic E-state index is -2.92. The first kappa shape index (κ1) is 27.6. The highest BCUT2D eigenvalue weighted by atomic mass is 28.4. The Morgan fingerprint density at radius 1 is 0.972 bits per heavy atom. The molecule has 36 heavy (non-hydrogen) atoms. The fourth-order valence-electron chi connectivity index (χ4n) is 4.88. The minimum Gasteiger partial charge on any atom is -0.456 e. The number of ether oxygens (including phenoxy) is 3. The Labute approximate surface area is 213 Å². The summed E-state index contributed by atoms with van der Waals surface area (Å²) in [6.45, 7) is 8.99. The van der Waals surface area contributed by atoms with Crippen LogP contribution in [0.15, 0.2) is 60.7 Å². The molecule has 5 atom stereocenters. The van der Waals surface area contributed by atoms with E-state index >= 15 is 0 Å². The maximum absolute atomic E-state index is 12.0. The molecule has 1 heterocycles. The van der Waals surface area contributed by atoms with Gasteiger partial charge in [0, 0.05) is 13.8 Å². The van der Waals surface area contributed by atoms with Crippen LogP contribution >= 0.6 is 0 Å². The van der Waals surface area contributed by atoms with Crippen LogP contribution in [0.2, 0.25) is 5.04 Å². The van der Waals surface area contributed by atoms with E-state index in [0.717, 1.165) is 10.4 Å². The summed E-state index contributed by atoms with van der Waals surface area (Å²) in [4.78, 5) is 23.8. The second-order valence-corrected chi connectivity index (χ2v) is 14.2. The van der Waals surface area contributed by atoms with Crippen LogP contribution in [-0.2, 0) is 28.2 Å². The van der Waals surface area contributed by atoms with Crippen molar-refractivity contribution in [3.8, 4) is 6.07 Å². The van der Waals surface area contributed by atoms with Crippen LogP contribution in [0, 0.1) is 11.3 Å². The Kier molecular flexibility index (Phi) is 8.69. The third-order valence-corrected chi connectivity index (χ3v) is 11.3. The molecule has 1 aliphatic rings. The van der Waals surface area contributed by atoms with Gasteiger partial charge in [0.25, 0.3) is 8.32 Å². The van der Waals surface area contributed by atoms with Gasteiger partial charge in [0.05, 0.1) is 12.7 Å². The van der Waals surface area contributed by atoms with Crippen molar-refractivity contribution < 1.29 is 28.2 Å². The molecule has 3 rings (SSSR count). The van der Waals surface area contributed by atoms with E-state index in [9.17, 15) is 14.9 Å². The van der Waals surface area contributed by atoms with Crippen LogP contribution < -0.4 is 16.1 Å². The molecule has 8 nitrogen and oxygen atoms in total. The fourth-order valence-corrected chi connectivity index (χ4v) is 9.45. The van der Waals surface area contributed by atoms with Crippen molar-refractivity contribution >= 4 is 30.6 Å². The highest BCUT2D eigenvalue weighted by molar-refractivity contribution is 6.99. The first-order valence-electron chi connectivity index (χ1n) is 11.9. The molecule has 0 bridgehead atoms. The lowest BCUT2D eigenvalue weighted by molar-refractivity contribution is -0.164. The number of hydrogen-bond donors (Lipinski definition) is 1. The maximum atomic E-state index is 12.0. The number of carbonyl (C=O) groups is 2. The summed E-state index contributed by atoms with van der Waals surface area (Å²) in [5.74, 6) is -1.16. The Hall–Kier alpha value is -3.03. The Morgan fingerprint density at radius 2 is 1.44 bits per heavy atom. The second-order valence-electron chi connectivity index (χ2n) is 9.92. The Morgan fingerprint density at radius 3 is 1.86 bits per heavy atom. The van der Waals surface area contributed by atoms with Crippen molar-refractivity contribution in [3.05, 3.63) is 60.7 Å². The van der Waals surface area contributed by atoms with Gasteiger partial charge >= 0.3 is 11.9 Å². The fraction of sp³-hybridized carbons (Fsp3) is 0.444. The molecule has 1 aliphatic heterocycles. The molecule has 2 aromatic rings. The molecule has 0 radical (unpaired) electrons. The molecule has 0 aromatic heterocycles. The first-order chi connectivity index (χ1) is 17.0. The summed E-state index contributed by atoms with van der Waals surface area (Å²) < 4.78 is 24.0. The van der Waals surface area contributed by atoms with Gasteiger partial charge in [-0.05, 0) is 15.4 Å². The molecule has 0 amide bonds. The van der Waals surface area contributed by atoms with Crippen molar-refractivity contribution in [3.63, 3.8) is 0 Å². The molecule has 0 aliphatic carbocycles. The third-order valence-electron chi connectivity index (χ3n) is 6.33. The van der Waals surface area contributed by atoms with E-state index < -0.39 is 50.7 Å². The lowest BCUT2D eigenvalue weighted by Gasteiger charge is -2.43. The van der Waals surface area contributed by atoms with Gasteiger partial charge in [-0.2, -0.15) is 5.26 Å². The number of esters is 2. The van der Waals surface area contributed by atoms with Crippen LogP contribution in [0.3, 0.4) is 0 Å². The topological polar surface area (TPSA) is 121 Å². The normalized spacial score (nSPS) is 22.9. The van der Waals surface area contributed by atoms with Crippen LogP contribution in [0.4, 0.5) is 0 Å². The predicted molar refractivity (Wildman–Crippen MR) is 137 cm³/mol. The van der Waals surface area contributed by atoms with Gasteiger partial charge in [-0.3, -0.25) is 9.59 Å². The molecular weight excluding hydrogens is 476 g/mol. The van der Waals surface area contributed by atoms with E-state index in [1.165, 1.54) is 13.8 Å². The van der Waals surface area contributed by atoms with Crippen LogP contribution in [0.25, 0.3) is 0 Å². The van der Waals surface area contributed by atoms with E-state index in [4.69, 9.17) is 24.4 Å². The second kappa shape index (κ2) is 11.4. The monoisotopic (exact) mass is 510 g/mol. The first-order valence-corrected chi connectivity index (χ1v) is 13.8. The van der Waals surface area contributed by atoms with Gasteiger partial charge in [0.2, 0.25) is 0 Å². The molecule has 2 aromatic carbocycles. The highest BCUT2D eigenvalue weighted by Gasteiger charge is 2.55. The molecule has 192 valence electrons. The summed E-state index contributed by atoms with van der Waals surface area (Å²) in [6.07, 6.45) is -3.79. The van der Waals surface area contributed by atoms with Gasteiger partial charge < -0.3 is 24.4 Å². The van der Waals surface area contributed by atoms with Gasteiger partial charge in [0.1, 0.15) is 18.2 Å². The largest absolute Gasteiger partial charge is 0.456 e. The highest BCUT2D eigenvalue weighted by Crippen LogP contribution is 2.38. The number of nitrogens with zero attached hydrogens (tertiary/aromatic N) is 1. The molecule has 1 unspecified atom stereocenters. The van der Waals surface area contributed by atoms with Gasteiger partial charge in [0.15, 0.2) is 12.2 Å². The lowest BCUT2D eigenvalue weighted by Crippen LogP contribution is -2.67. The van der Waals surface area contributed by atoms with E-state index in [0.29, 0.717) is 0 Å². The van der Waals surface area contributed by atoms with E-state index in [1.807, 2.05) is 42.5 Å². The van der Waals surface area contributed by atoms with E-state index in [-0.39, 0.29) is 11.6 Å². The minimum absolute atomic E-state index is 0.0393. The molecule has 9 heteroatoms. The number of carbonyl (C=O) groups excluding carboxylic acids is 2. The van der Waals surface area contributed by atoms with Gasteiger partial charge in [-0.1, -0.05) is 81.4 Å². The zero-order valence-corrected chi connectivity index (χ0v) is 22.3. The lowest BCUT2D eigenvalue weighted by atomic mass is 10.0. The summed E-state index contributed by atoms with van der Waals surface area (Å²) in [5, 5.41) is 11.3. The Balaban J connectivity index is 2.05. The van der Waals surface area contributed by atoms with Crippen LogP contribution in [0.5, 0.6) is 0 Å². The number of benzene rings is 2. The molecule has 2 N–H and O–H groups in total. The molecule has 0 saturated carbocycles. The van der Waals surface area contributed by atoms with E-state index in [2.05, 4.69) is 45.0 Å². The number of nitrogens with two attached hydrogens (primary N) is 1. The molecular formula is C27H34N2O6Si. The van der Waals surface area contributed by atoms with Crippen molar-refractivity contribution in [1.82, 2.24) is 0 Å². The number of hydrogen-bond acceptors (Lipinski definition) is 8. The van der Waals surface area contributed by atoms with Gasteiger partial charge in [-0.15, -0.1) is 0 Å². The summed E-state index contributed by atoms with van der Waals surface area (Å²) in [5.41, 5.74) is 5.98. The molecule has 1 saturated heterocycles. The number of nitriles is 1.